The van der Waals surface area contributed by atoms with E-state index in [-0.39, 0.29) is 11.1 Å². The first-order chi connectivity index (χ1) is 19.9. The fourth-order valence-electron chi connectivity index (χ4n) is 5.51. The zero-order valence-corrected chi connectivity index (χ0v) is 21.0. The molecule has 7 aromatic rings. The van der Waals surface area contributed by atoms with Gasteiger partial charge in [-0.2, -0.15) is 0 Å². The molecule has 180 valence electrons. The third-order valence-electron chi connectivity index (χ3n) is 7.05. The maximum Gasteiger partial charge on any atom is 0.144 e. The van der Waals surface area contributed by atoms with Gasteiger partial charge in [-0.3, -0.25) is 4.98 Å². The maximum atomic E-state index is 8.93. The van der Waals surface area contributed by atoms with Crippen LogP contribution in [0.25, 0.3) is 65.5 Å². The van der Waals surface area contributed by atoms with Crippen molar-refractivity contribution in [2.45, 2.75) is 34.0 Å². The molecule has 0 amide bonds. The number of hydrogen-bond acceptors (Lipinski definition) is 2. The van der Waals surface area contributed by atoms with E-state index < -0.39 is 18.6 Å². The van der Waals surface area contributed by atoms with E-state index in [4.69, 9.17) is 11.3 Å². The van der Waals surface area contributed by atoms with Crippen molar-refractivity contribution >= 4 is 54.3 Å². The molecule has 0 saturated carbocycles. The van der Waals surface area contributed by atoms with Crippen LogP contribution >= 0.6 is 0 Å². The first-order valence-electron chi connectivity index (χ1n) is 15.1. The van der Waals surface area contributed by atoms with Crippen molar-refractivity contribution in [1.82, 2.24) is 4.98 Å². The summed E-state index contributed by atoms with van der Waals surface area (Å²) in [5, 5.41) is 8.87. The predicted molar refractivity (Wildman–Crippen MR) is 157 cm³/mol. The van der Waals surface area contributed by atoms with Gasteiger partial charge < -0.3 is 4.42 Å². The summed E-state index contributed by atoms with van der Waals surface area (Å²) in [4.78, 5) is 4.54. The van der Waals surface area contributed by atoms with Crippen molar-refractivity contribution < 1.29 is 11.3 Å². The zero-order valence-electron chi connectivity index (χ0n) is 26.0. The summed E-state index contributed by atoms with van der Waals surface area (Å²) in [6.07, 6.45) is -0.620. The molecular formula is C35H29NO. The minimum absolute atomic E-state index is 0.0760. The van der Waals surface area contributed by atoms with Gasteiger partial charge in [0.05, 0.1) is 5.69 Å². The van der Waals surface area contributed by atoms with Crippen LogP contribution in [-0.4, -0.2) is 4.98 Å². The molecule has 0 atom stereocenters. The molecule has 0 aliphatic rings. The molecule has 2 aromatic heterocycles. The Bertz CT molecular complexity index is 2200. The van der Waals surface area contributed by atoms with E-state index >= 15 is 0 Å². The molecule has 0 aliphatic heterocycles. The summed E-state index contributed by atoms with van der Waals surface area (Å²) in [5.74, 6) is 0. The van der Waals surface area contributed by atoms with E-state index in [1.54, 1.807) is 26.8 Å². The second-order valence-corrected chi connectivity index (χ2v) is 10.8. The van der Waals surface area contributed by atoms with E-state index in [9.17, 15) is 0 Å². The number of fused-ring (bicyclic) bond motifs is 9. The lowest BCUT2D eigenvalue weighted by molar-refractivity contribution is 0.410. The van der Waals surface area contributed by atoms with Crippen LogP contribution in [0.5, 0.6) is 0 Å². The highest BCUT2D eigenvalue weighted by molar-refractivity contribution is 6.28. The Balaban J connectivity index is 1.53. The quantitative estimate of drug-likeness (QED) is 0.228. The highest BCUT2D eigenvalue weighted by Crippen LogP contribution is 2.41. The highest BCUT2D eigenvalue weighted by atomic mass is 16.3. The summed E-state index contributed by atoms with van der Waals surface area (Å²) >= 11 is 0. The maximum absolute atomic E-state index is 8.93. The minimum atomic E-state index is -2.50. The SMILES string of the molecule is [2H]C([2H])([2H])c1cnc(-c2cccc3c2oc2cc4c5ccccc5c5ccccc5c4cc23)cc1C([2H])([2H])C(C)(C)C. The fraction of sp³-hybridized carbons (Fsp3) is 0.171. The van der Waals surface area contributed by atoms with Crippen molar-refractivity contribution in [1.29, 1.82) is 0 Å². The molecule has 2 heterocycles. The third kappa shape index (κ3) is 3.51. The highest BCUT2D eigenvalue weighted by Gasteiger charge is 2.18. The smallest absolute Gasteiger partial charge is 0.144 e. The van der Waals surface area contributed by atoms with Crippen LogP contribution in [0.2, 0.25) is 0 Å². The molecule has 0 fully saturated rings. The minimum Gasteiger partial charge on any atom is -0.455 e. The number of hydrogen-bond donors (Lipinski definition) is 0. The molecular weight excluding hydrogens is 450 g/mol. The summed E-state index contributed by atoms with van der Waals surface area (Å²) in [5.41, 5.74) is 1.73. The van der Waals surface area contributed by atoms with Gasteiger partial charge in [0.15, 0.2) is 0 Å². The van der Waals surface area contributed by atoms with E-state index in [1.807, 2.05) is 18.2 Å². The van der Waals surface area contributed by atoms with Crippen LogP contribution < -0.4 is 0 Å². The fourth-order valence-corrected chi connectivity index (χ4v) is 5.51. The Labute approximate surface area is 223 Å². The van der Waals surface area contributed by atoms with Crippen molar-refractivity contribution in [3.63, 3.8) is 0 Å². The van der Waals surface area contributed by atoms with Gasteiger partial charge in [-0.05, 0) is 86.3 Å². The topological polar surface area (TPSA) is 26.0 Å². The van der Waals surface area contributed by atoms with Gasteiger partial charge in [0.1, 0.15) is 11.2 Å². The van der Waals surface area contributed by atoms with Gasteiger partial charge in [0.2, 0.25) is 0 Å². The van der Waals surface area contributed by atoms with E-state index in [0.29, 0.717) is 16.8 Å². The lowest BCUT2D eigenvalue weighted by Crippen LogP contribution is -2.10. The summed E-state index contributed by atoms with van der Waals surface area (Å²) in [7, 11) is 0. The molecule has 37 heavy (non-hydrogen) atoms. The Morgan fingerprint density at radius 3 is 2.00 bits per heavy atom. The van der Waals surface area contributed by atoms with Crippen LogP contribution in [0, 0.1) is 12.3 Å². The summed E-state index contributed by atoms with van der Waals surface area (Å²) in [6, 6.07) is 28.6. The van der Waals surface area contributed by atoms with Gasteiger partial charge in [-0.1, -0.05) is 81.4 Å². The van der Waals surface area contributed by atoms with Crippen molar-refractivity contribution in [3.8, 4) is 11.3 Å². The number of aryl methyl sites for hydroxylation is 1. The van der Waals surface area contributed by atoms with Crippen LogP contribution in [0.15, 0.2) is 95.5 Å². The summed E-state index contributed by atoms with van der Waals surface area (Å²) in [6.45, 7) is 2.81. The predicted octanol–water partition coefficient (Wildman–Crippen LogP) is 10.0. The van der Waals surface area contributed by atoms with Gasteiger partial charge in [0.25, 0.3) is 0 Å². The lowest BCUT2D eigenvalue weighted by Gasteiger charge is -2.20. The molecule has 0 unspecified atom stereocenters. The molecule has 2 nitrogen and oxygen atoms in total. The molecule has 7 rings (SSSR count). The first kappa shape index (κ1) is 17.3. The Morgan fingerprint density at radius 2 is 1.35 bits per heavy atom. The number of nitrogens with zero attached hydrogens (tertiary/aromatic N) is 1. The molecule has 0 spiro atoms. The van der Waals surface area contributed by atoms with Gasteiger partial charge >= 0.3 is 0 Å². The van der Waals surface area contributed by atoms with Crippen LogP contribution in [0.4, 0.5) is 0 Å². The van der Waals surface area contributed by atoms with E-state index in [1.165, 1.54) is 22.4 Å². The molecule has 0 radical (unpaired) electrons. The normalized spacial score (nSPS) is 15.2. The number of rotatable bonds is 2. The Kier molecular flexibility index (Phi) is 3.70. The lowest BCUT2D eigenvalue weighted by atomic mass is 9.86. The standard InChI is InChI=1S/C35H29NO/c1-21-20-36-32(16-22(21)19-35(2,3)4)28-15-9-14-27-31-17-29-25-12-7-5-10-23(25)24-11-6-8-13-26(24)30(29)18-33(31)37-34(27)28/h5-18,20H,19H2,1-4H3/i1D3,19D2. The monoisotopic (exact) mass is 484 g/mol. The van der Waals surface area contributed by atoms with Crippen molar-refractivity contribution in [3.05, 3.63) is 102 Å². The number of para-hydroxylation sites is 1. The number of aromatic nitrogens is 1. The second kappa shape index (κ2) is 7.91. The molecule has 5 aromatic carbocycles. The summed E-state index contributed by atoms with van der Waals surface area (Å²) < 4.78 is 48.6. The van der Waals surface area contributed by atoms with Gasteiger partial charge in [-0.25, -0.2) is 0 Å². The Morgan fingerprint density at radius 1 is 0.730 bits per heavy atom. The van der Waals surface area contributed by atoms with E-state index in [0.717, 1.165) is 32.5 Å². The average molecular weight is 485 g/mol. The van der Waals surface area contributed by atoms with Crippen LogP contribution in [0.1, 0.15) is 38.8 Å². The molecule has 0 N–H and O–H groups in total. The van der Waals surface area contributed by atoms with Crippen molar-refractivity contribution in [2.24, 2.45) is 5.41 Å². The number of furan rings is 1. The van der Waals surface area contributed by atoms with Gasteiger partial charge in [-0.15, -0.1) is 0 Å². The van der Waals surface area contributed by atoms with Crippen LogP contribution in [-0.2, 0) is 6.37 Å². The Hall–Kier alpha value is -4.17. The van der Waals surface area contributed by atoms with Crippen molar-refractivity contribution in [2.75, 3.05) is 0 Å². The van der Waals surface area contributed by atoms with Crippen LogP contribution in [0.3, 0.4) is 0 Å². The third-order valence-corrected chi connectivity index (χ3v) is 7.05. The molecule has 0 saturated heterocycles. The molecule has 0 aliphatic carbocycles. The zero-order chi connectivity index (χ0) is 29.6. The average Bonchev–Trinajstić information content (AvgIpc) is 3.33. The number of benzene rings is 5. The molecule has 2 heteroatoms. The second-order valence-electron chi connectivity index (χ2n) is 10.8. The first-order valence-corrected chi connectivity index (χ1v) is 12.6. The van der Waals surface area contributed by atoms with E-state index in [2.05, 4.69) is 65.6 Å². The molecule has 0 bridgehead atoms. The largest absolute Gasteiger partial charge is 0.455 e. The number of pyridine rings is 1. The van der Waals surface area contributed by atoms with Gasteiger partial charge in [0, 0.05) is 29.4 Å².